The number of likely N-dealkylation sites (tertiary alicyclic amines) is 2. The third kappa shape index (κ3) is 3.86. The van der Waals surface area contributed by atoms with Gasteiger partial charge in [0.1, 0.15) is 5.54 Å². The average molecular weight is 562 g/mol. The first-order valence-electron chi connectivity index (χ1n) is 12.7. The normalized spacial score (nSPS) is 25.9. The number of hydrogen-bond acceptors (Lipinski definition) is 4. The van der Waals surface area contributed by atoms with E-state index in [2.05, 4.69) is 0 Å². The van der Waals surface area contributed by atoms with Gasteiger partial charge in [-0.3, -0.25) is 24.1 Å². The molecule has 0 spiro atoms. The predicted octanol–water partition coefficient (Wildman–Crippen LogP) is 4.07. The summed E-state index contributed by atoms with van der Waals surface area (Å²) in [5.74, 6) is -3.45. The molecule has 3 heterocycles. The maximum absolute atomic E-state index is 14.2. The molecule has 9 heteroatoms. The summed E-state index contributed by atoms with van der Waals surface area (Å²) in [6, 6.07) is 22.4. The number of carbonyl (C=O) groups excluding carboxylic acids is 4. The van der Waals surface area contributed by atoms with Gasteiger partial charge in [0.05, 0.1) is 34.5 Å². The van der Waals surface area contributed by atoms with Crippen molar-refractivity contribution >= 4 is 46.8 Å². The second-order valence-electron chi connectivity index (χ2n) is 10.4. The minimum atomic E-state index is -1.58. The van der Waals surface area contributed by atoms with E-state index >= 15 is 0 Å². The maximum Gasteiger partial charge on any atom is 0.255 e. The number of nitrogens with zero attached hydrogens (tertiary/aromatic N) is 3. The summed E-state index contributed by atoms with van der Waals surface area (Å²) >= 11 is 12.4. The maximum atomic E-state index is 14.2. The molecule has 2 bridgehead atoms. The SMILES string of the molecule is CN1C[C@@H]2[C@@H]3C(=O)N(Cc4ccccc4)C(=O)[C@@H]3[C@](Cc3ccccc3)(C1=O)N2C(=O)c1ccc(Cl)c(Cl)c1. The Bertz CT molecular complexity index is 1500. The monoisotopic (exact) mass is 561 g/mol. The predicted molar refractivity (Wildman–Crippen MR) is 146 cm³/mol. The number of likely N-dealkylation sites (N-methyl/N-ethyl adjacent to an activating group) is 1. The Morgan fingerprint density at radius 1 is 0.872 bits per heavy atom. The lowest BCUT2D eigenvalue weighted by Crippen LogP contribution is -2.69. The van der Waals surface area contributed by atoms with E-state index in [9.17, 15) is 19.2 Å². The molecule has 3 fully saturated rings. The third-order valence-corrected chi connectivity index (χ3v) is 8.94. The van der Waals surface area contributed by atoms with Gasteiger partial charge in [0.2, 0.25) is 17.7 Å². The number of rotatable bonds is 5. The molecule has 6 rings (SSSR count). The Kier molecular flexibility index (Phi) is 6.24. The minimum absolute atomic E-state index is 0.0972. The van der Waals surface area contributed by atoms with Crippen LogP contribution in [0.4, 0.5) is 0 Å². The van der Waals surface area contributed by atoms with Crippen molar-refractivity contribution in [2.24, 2.45) is 11.8 Å². The standard InChI is InChI=1S/C30H25Cl2N3O4/c1-33-17-23-24-25(28(38)34(27(24)37)16-19-10-6-3-7-11-19)30(29(33)39,15-18-8-4-2-5-9-18)35(23)26(36)20-12-13-21(31)22(32)14-20/h2-14,23-25H,15-17H2,1H3/t23-,24+,25-,30-/m1/s1. The van der Waals surface area contributed by atoms with E-state index in [1.54, 1.807) is 18.0 Å². The highest BCUT2D eigenvalue weighted by Gasteiger charge is 2.75. The van der Waals surface area contributed by atoms with Crippen LogP contribution in [0.25, 0.3) is 0 Å². The van der Waals surface area contributed by atoms with Crippen LogP contribution < -0.4 is 0 Å². The highest BCUT2D eigenvalue weighted by atomic mass is 35.5. The van der Waals surface area contributed by atoms with Crippen molar-refractivity contribution in [3.63, 3.8) is 0 Å². The van der Waals surface area contributed by atoms with Crippen LogP contribution in [0.1, 0.15) is 21.5 Å². The van der Waals surface area contributed by atoms with Gasteiger partial charge in [0.25, 0.3) is 5.91 Å². The lowest BCUT2D eigenvalue weighted by atomic mass is 9.75. The smallest absolute Gasteiger partial charge is 0.255 e. The number of imide groups is 1. The van der Waals surface area contributed by atoms with Crippen molar-refractivity contribution in [1.82, 2.24) is 14.7 Å². The summed E-state index contributed by atoms with van der Waals surface area (Å²) in [7, 11) is 1.66. The molecule has 0 N–H and O–H groups in total. The number of hydrogen-bond donors (Lipinski definition) is 0. The molecular weight excluding hydrogens is 537 g/mol. The van der Waals surface area contributed by atoms with Crippen LogP contribution in [-0.4, -0.2) is 63.5 Å². The Morgan fingerprint density at radius 3 is 2.15 bits per heavy atom. The van der Waals surface area contributed by atoms with Crippen molar-refractivity contribution in [2.75, 3.05) is 13.6 Å². The second kappa shape index (κ2) is 9.50. The Balaban J connectivity index is 1.50. The van der Waals surface area contributed by atoms with Crippen molar-refractivity contribution in [1.29, 1.82) is 0 Å². The molecule has 4 atom stereocenters. The summed E-state index contributed by atoms with van der Waals surface area (Å²) < 4.78 is 0. The molecule has 3 aliphatic heterocycles. The zero-order valence-corrected chi connectivity index (χ0v) is 22.6. The highest BCUT2D eigenvalue weighted by molar-refractivity contribution is 6.42. The van der Waals surface area contributed by atoms with Gasteiger partial charge in [-0.15, -0.1) is 0 Å². The third-order valence-electron chi connectivity index (χ3n) is 8.20. The van der Waals surface area contributed by atoms with Gasteiger partial charge in [-0.05, 0) is 29.3 Å². The first kappa shape index (κ1) is 25.6. The number of carbonyl (C=O) groups is 4. The van der Waals surface area contributed by atoms with Gasteiger partial charge in [-0.25, -0.2) is 0 Å². The minimum Gasteiger partial charge on any atom is -0.342 e. The molecule has 0 radical (unpaired) electrons. The van der Waals surface area contributed by atoms with E-state index < -0.39 is 35.2 Å². The van der Waals surface area contributed by atoms with E-state index in [1.165, 1.54) is 21.9 Å². The van der Waals surface area contributed by atoms with E-state index in [1.807, 2.05) is 60.7 Å². The van der Waals surface area contributed by atoms with Gasteiger partial charge in [-0.1, -0.05) is 83.9 Å². The van der Waals surface area contributed by atoms with Crippen LogP contribution in [0.15, 0.2) is 78.9 Å². The Hall–Kier alpha value is -3.68. The first-order valence-corrected chi connectivity index (χ1v) is 13.5. The quantitative estimate of drug-likeness (QED) is 0.440. The molecular formula is C30H25Cl2N3O4. The molecule has 198 valence electrons. The molecule has 3 aromatic rings. The van der Waals surface area contributed by atoms with Gasteiger partial charge in [0.15, 0.2) is 0 Å². The fourth-order valence-electron chi connectivity index (χ4n) is 6.57. The molecule has 39 heavy (non-hydrogen) atoms. The molecule has 3 aliphatic rings. The topological polar surface area (TPSA) is 78.0 Å². The van der Waals surface area contributed by atoms with Crippen molar-refractivity contribution in [3.8, 4) is 0 Å². The fraction of sp³-hybridized carbons (Fsp3) is 0.267. The number of fused-ring (bicyclic) bond motifs is 5. The number of piperazine rings is 1. The molecule has 4 amide bonds. The van der Waals surface area contributed by atoms with Crippen molar-refractivity contribution < 1.29 is 19.2 Å². The number of benzene rings is 3. The van der Waals surface area contributed by atoms with Crippen molar-refractivity contribution in [3.05, 3.63) is 106 Å². The summed E-state index contributed by atoms with van der Waals surface area (Å²) in [5, 5.41) is 0.497. The molecule has 0 aromatic heterocycles. The zero-order chi connectivity index (χ0) is 27.5. The van der Waals surface area contributed by atoms with Gasteiger partial charge < -0.3 is 9.80 Å². The van der Waals surface area contributed by atoms with Crippen LogP contribution in [0.2, 0.25) is 10.0 Å². The molecule has 3 aromatic carbocycles. The highest BCUT2D eigenvalue weighted by Crippen LogP contribution is 2.54. The summed E-state index contributed by atoms with van der Waals surface area (Å²) in [5.41, 5.74) is 0.263. The second-order valence-corrected chi connectivity index (χ2v) is 11.2. The average Bonchev–Trinajstić information content (AvgIpc) is 3.32. The Labute approximate surface area is 235 Å². The molecule has 0 aliphatic carbocycles. The summed E-state index contributed by atoms with van der Waals surface area (Å²) in [6.07, 6.45) is 0.0972. The van der Waals surface area contributed by atoms with E-state index in [0.717, 1.165) is 11.1 Å². The molecule has 0 saturated carbocycles. The van der Waals surface area contributed by atoms with E-state index in [4.69, 9.17) is 23.2 Å². The zero-order valence-electron chi connectivity index (χ0n) is 21.1. The van der Waals surface area contributed by atoms with Gasteiger partial charge in [-0.2, -0.15) is 0 Å². The summed E-state index contributed by atoms with van der Waals surface area (Å²) in [6.45, 7) is 0.256. The Morgan fingerprint density at radius 2 is 1.51 bits per heavy atom. The lowest BCUT2D eigenvalue weighted by molar-refractivity contribution is -0.155. The van der Waals surface area contributed by atoms with Crippen LogP contribution in [0.5, 0.6) is 0 Å². The van der Waals surface area contributed by atoms with Crippen molar-refractivity contribution in [2.45, 2.75) is 24.5 Å². The lowest BCUT2D eigenvalue weighted by Gasteiger charge is -2.49. The molecule has 0 unspecified atom stereocenters. The van der Waals surface area contributed by atoms with Gasteiger partial charge >= 0.3 is 0 Å². The first-order chi connectivity index (χ1) is 18.7. The fourth-order valence-corrected chi connectivity index (χ4v) is 6.87. The van der Waals surface area contributed by atoms with Crippen LogP contribution in [0.3, 0.4) is 0 Å². The number of amides is 4. The molecule has 3 saturated heterocycles. The number of halogens is 2. The largest absolute Gasteiger partial charge is 0.342 e. The van der Waals surface area contributed by atoms with E-state index in [-0.39, 0.29) is 41.9 Å². The van der Waals surface area contributed by atoms with Gasteiger partial charge in [0, 0.05) is 25.6 Å². The van der Waals surface area contributed by atoms with E-state index in [0.29, 0.717) is 5.02 Å². The molecule has 7 nitrogen and oxygen atoms in total. The van der Waals surface area contributed by atoms with Crippen LogP contribution >= 0.6 is 23.2 Å². The summed E-state index contributed by atoms with van der Waals surface area (Å²) in [4.78, 5) is 60.9. The van der Waals surface area contributed by atoms with Crippen LogP contribution in [0, 0.1) is 11.8 Å². The van der Waals surface area contributed by atoms with Crippen LogP contribution in [-0.2, 0) is 27.3 Å².